The van der Waals surface area contributed by atoms with E-state index in [9.17, 15) is 19.5 Å². The maximum absolute atomic E-state index is 13.0. The lowest BCUT2D eigenvalue weighted by Crippen LogP contribution is -2.71. The van der Waals surface area contributed by atoms with Crippen molar-refractivity contribution < 1.29 is 29.4 Å². The molecule has 0 radical (unpaired) electrons. The van der Waals surface area contributed by atoms with Gasteiger partial charge in [-0.1, -0.05) is 16.9 Å². The minimum Gasteiger partial charge on any atom is -0.477 e. The van der Waals surface area contributed by atoms with E-state index in [4.69, 9.17) is 15.7 Å². The van der Waals surface area contributed by atoms with Crippen molar-refractivity contribution in [1.29, 1.82) is 0 Å². The van der Waals surface area contributed by atoms with Crippen molar-refractivity contribution in [2.24, 2.45) is 5.16 Å². The molecule has 5 N–H and O–H groups in total. The summed E-state index contributed by atoms with van der Waals surface area (Å²) in [6.45, 7) is 1.90. The van der Waals surface area contributed by atoms with Crippen LogP contribution in [0.1, 0.15) is 12.7 Å². The number of nitrogen functional groups attached to an aromatic ring is 1. The molecule has 2 aliphatic heterocycles. The minimum atomic E-state index is -1.26. The normalized spacial score (nSPS) is 19.7. The molecule has 1 saturated heterocycles. The first kappa shape index (κ1) is 25.8. The smallest absolute Gasteiger partial charge is 0.352 e. The van der Waals surface area contributed by atoms with Crippen molar-refractivity contribution in [1.82, 2.24) is 39.8 Å². The summed E-state index contributed by atoms with van der Waals surface area (Å²) < 4.78 is 5.36. The number of aliphatic carboxylic acids is 1. The summed E-state index contributed by atoms with van der Waals surface area (Å²) in [5.74, 6) is -2.11. The fourth-order valence-corrected chi connectivity index (χ4v) is 6.16. The molecule has 2 aliphatic rings. The highest BCUT2D eigenvalue weighted by Gasteiger charge is 2.54. The molecule has 192 valence electrons. The zero-order chi connectivity index (χ0) is 25.8. The Morgan fingerprint density at radius 1 is 1.42 bits per heavy atom. The number of rotatable bonds is 11. The molecule has 0 bridgehead atoms. The largest absolute Gasteiger partial charge is 0.477 e. The highest BCUT2D eigenvalue weighted by molar-refractivity contribution is 8.01. The lowest BCUT2D eigenvalue weighted by molar-refractivity contribution is -0.150. The topological polar surface area (TPSA) is 224 Å². The van der Waals surface area contributed by atoms with Gasteiger partial charge in [-0.15, -0.1) is 16.9 Å². The van der Waals surface area contributed by atoms with Crippen LogP contribution in [0.25, 0.3) is 0 Å². The Morgan fingerprint density at radius 3 is 2.89 bits per heavy atom. The molecule has 16 nitrogen and oxygen atoms in total. The molecule has 2 amide bonds. The summed E-state index contributed by atoms with van der Waals surface area (Å²) >= 11 is 3.38. The average molecular weight is 557 g/mol. The molecule has 0 saturated carbocycles. The number of nitrogens with one attached hydrogen (secondary N) is 1. The number of oxime groups is 1. The van der Waals surface area contributed by atoms with Gasteiger partial charge in [-0.05, 0) is 22.9 Å². The number of hydrogen-bond donors (Lipinski definition) is 4. The number of tetrazole rings is 1. The first-order valence-electron chi connectivity index (χ1n) is 10.4. The Labute approximate surface area is 215 Å². The van der Waals surface area contributed by atoms with Crippen LogP contribution in [0.3, 0.4) is 0 Å². The van der Waals surface area contributed by atoms with Gasteiger partial charge in [0.15, 0.2) is 5.13 Å². The van der Waals surface area contributed by atoms with Gasteiger partial charge in [0, 0.05) is 23.0 Å². The molecule has 1 unspecified atom stereocenters. The SMILES string of the molecule is CCON=C(C(=O)NC1C(=O)N2C(C(=O)O)=C(CSc3nnnn3CCO)CS[C@@H]12)c1nsc(N)n1. The average Bonchev–Trinajstić information content (AvgIpc) is 3.49. The Bertz CT molecular complexity index is 1230. The molecule has 2 aromatic rings. The molecule has 4 heterocycles. The first-order valence-corrected chi connectivity index (χ1v) is 13.2. The summed E-state index contributed by atoms with van der Waals surface area (Å²) in [4.78, 5) is 48.0. The third-order valence-electron chi connectivity index (χ3n) is 4.88. The third-order valence-corrected chi connectivity index (χ3v) is 7.80. The molecule has 0 spiro atoms. The summed E-state index contributed by atoms with van der Waals surface area (Å²) in [6, 6.07) is -0.981. The van der Waals surface area contributed by atoms with Crippen molar-refractivity contribution in [3.63, 3.8) is 0 Å². The van der Waals surface area contributed by atoms with Crippen LogP contribution in [0.4, 0.5) is 5.13 Å². The number of carbonyl (C=O) groups excluding carboxylic acids is 2. The quantitative estimate of drug-likeness (QED) is 0.106. The fraction of sp³-hybridized carbons (Fsp3) is 0.471. The van der Waals surface area contributed by atoms with Gasteiger partial charge in [0.1, 0.15) is 23.7 Å². The van der Waals surface area contributed by atoms with Gasteiger partial charge in [-0.2, -0.15) is 9.36 Å². The number of nitrogens with two attached hydrogens (primary N) is 1. The molecule has 0 aliphatic carbocycles. The van der Waals surface area contributed by atoms with E-state index < -0.39 is 29.2 Å². The van der Waals surface area contributed by atoms with E-state index in [-0.39, 0.29) is 47.9 Å². The number of thioether (sulfide) groups is 2. The van der Waals surface area contributed by atoms with Gasteiger partial charge in [0.2, 0.25) is 16.7 Å². The maximum atomic E-state index is 13.0. The Kier molecular flexibility index (Phi) is 8.01. The van der Waals surface area contributed by atoms with Crippen LogP contribution in [-0.4, -0.2) is 104 Å². The molecule has 1 fully saturated rings. The number of carboxylic acids is 1. The van der Waals surface area contributed by atoms with Gasteiger partial charge in [0.25, 0.3) is 11.8 Å². The maximum Gasteiger partial charge on any atom is 0.352 e. The third kappa shape index (κ3) is 5.13. The van der Waals surface area contributed by atoms with Crippen molar-refractivity contribution in [2.45, 2.75) is 30.0 Å². The van der Waals surface area contributed by atoms with E-state index in [0.717, 1.165) is 16.4 Å². The Hall–Kier alpha value is -3.29. The van der Waals surface area contributed by atoms with Crippen LogP contribution in [0.15, 0.2) is 21.6 Å². The first-order chi connectivity index (χ1) is 17.3. The fourth-order valence-electron chi connectivity index (χ4n) is 3.33. The van der Waals surface area contributed by atoms with Crippen molar-refractivity contribution in [2.75, 3.05) is 30.5 Å². The number of aliphatic hydroxyl groups excluding tert-OH is 1. The summed E-state index contributed by atoms with van der Waals surface area (Å²) in [7, 11) is 0. The van der Waals surface area contributed by atoms with E-state index in [1.54, 1.807) is 6.92 Å². The van der Waals surface area contributed by atoms with E-state index in [1.807, 2.05) is 0 Å². The van der Waals surface area contributed by atoms with E-state index in [2.05, 4.69) is 35.4 Å². The molecular weight excluding hydrogens is 536 g/mol. The van der Waals surface area contributed by atoms with Crippen LogP contribution in [-0.2, 0) is 25.8 Å². The molecule has 19 heteroatoms. The number of carboxylic acid groups (broad SMARTS) is 1. The Morgan fingerprint density at radius 2 is 2.22 bits per heavy atom. The van der Waals surface area contributed by atoms with Gasteiger partial charge < -0.3 is 26.1 Å². The van der Waals surface area contributed by atoms with E-state index in [1.165, 1.54) is 28.2 Å². The number of nitrogens with zero attached hydrogens (tertiary/aromatic N) is 8. The molecular formula is C17H20N10O6S3. The molecule has 2 atom stereocenters. The molecule has 36 heavy (non-hydrogen) atoms. The number of anilines is 1. The summed E-state index contributed by atoms with van der Waals surface area (Å²) in [5, 5.41) is 36.4. The number of carbonyl (C=O) groups is 3. The number of hydrogen-bond acceptors (Lipinski definition) is 15. The van der Waals surface area contributed by atoms with Crippen molar-refractivity contribution in [3.8, 4) is 0 Å². The summed E-state index contributed by atoms with van der Waals surface area (Å²) in [6.07, 6.45) is 0. The van der Waals surface area contributed by atoms with Gasteiger partial charge in [-0.3, -0.25) is 14.5 Å². The number of aromatic nitrogens is 6. The second kappa shape index (κ2) is 11.2. The van der Waals surface area contributed by atoms with Crippen LogP contribution < -0.4 is 11.1 Å². The Balaban J connectivity index is 1.48. The monoisotopic (exact) mass is 556 g/mol. The lowest BCUT2D eigenvalue weighted by Gasteiger charge is -2.49. The van der Waals surface area contributed by atoms with Crippen molar-refractivity contribution in [3.05, 3.63) is 17.1 Å². The van der Waals surface area contributed by atoms with Gasteiger partial charge >= 0.3 is 5.97 Å². The van der Waals surface area contributed by atoms with Crippen molar-refractivity contribution >= 4 is 63.7 Å². The lowest BCUT2D eigenvalue weighted by atomic mass is 10.0. The standard InChI is InChI=1S/C17H20N10O6S3/c1-2-33-22-8(11-20-16(18)36-23-11)12(29)19-9-13(30)27-10(15(31)32)7(5-34-14(9)27)6-35-17-21-24-25-26(17)3-4-28/h9,14,28H,2-6H2,1H3,(H,19,29)(H,31,32)(H2,18,20,23)/t9?,14-/m0/s1. The highest BCUT2D eigenvalue weighted by atomic mass is 32.2. The number of aliphatic hydroxyl groups is 1. The molecule has 0 aromatic carbocycles. The number of amides is 2. The van der Waals surface area contributed by atoms with Crippen LogP contribution in [0.2, 0.25) is 0 Å². The second-order valence-electron chi connectivity index (χ2n) is 7.13. The second-order valence-corrected chi connectivity index (χ2v) is 9.96. The zero-order valence-electron chi connectivity index (χ0n) is 18.6. The molecule has 4 rings (SSSR count). The van der Waals surface area contributed by atoms with Crippen LogP contribution >= 0.6 is 35.1 Å². The number of fused-ring (bicyclic) bond motifs is 1. The van der Waals surface area contributed by atoms with Crippen LogP contribution in [0, 0.1) is 0 Å². The predicted octanol–water partition coefficient (Wildman–Crippen LogP) is -1.63. The van der Waals surface area contributed by atoms with Gasteiger partial charge in [0.05, 0.1) is 13.2 Å². The summed E-state index contributed by atoms with van der Waals surface area (Å²) in [5.41, 5.74) is 5.72. The highest BCUT2D eigenvalue weighted by Crippen LogP contribution is 2.41. The minimum absolute atomic E-state index is 0.0441. The van der Waals surface area contributed by atoms with Crippen LogP contribution in [0.5, 0.6) is 0 Å². The van der Waals surface area contributed by atoms with Gasteiger partial charge in [-0.25, -0.2) is 9.48 Å². The molecule has 2 aromatic heterocycles. The zero-order valence-corrected chi connectivity index (χ0v) is 21.0. The van der Waals surface area contributed by atoms with E-state index >= 15 is 0 Å². The van der Waals surface area contributed by atoms with E-state index in [0.29, 0.717) is 16.5 Å². The number of β-lactam (4-membered cyclic amide) rings is 1. The predicted molar refractivity (Wildman–Crippen MR) is 128 cm³/mol.